The van der Waals surface area contributed by atoms with Crippen LogP contribution in [0.25, 0.3) is 10.9 Å². The van der Waals surface area contributed by atoms with E-state index in [9.17, 15) is 14.4 Å². The number of rotatable bonds is 7. The predicted octanol–water partition coefficient (Wildman–Crippen LogP) is 3.73. The SMILES string of the molecule is COC(=O)CNC(=O)C(CC(C)C)N1C(=O)c2ccccc2C1c1c(C)[nH]c2ccccc12. The molecule has 2 unspecified atom stereocenters. The van der Waals surface area contributed by atoms with E-state index < -0.39 is 18.1 Å². The summed E-state index contributed by atoms with van der Waals surface area (Å²) in [5, 5.41) is 3.69. The third kappa shape index (κ3) is 4.11. The first-order valence-electron chi connectivity index (χ1n) is 11.2. The molecular weight excluding hydrogens is 418 g/mol. The number of para-hydroxylation sites is 1. The maximum Gasteiger partial charge on any atom is 0.325 e. The first kappa shape index (κ1) is 22.6. The molecule has 1 aliphatic heterocycles. The molecule has 2 atom stereocenters. The van der Waals surface area contributed by atoms with Gasteiger partial charge in [0.15, 0.2) is 0 Å². The smallest absolute Gasteiger partial charge is 0.325 e. The molecule has 33 heavy (non-hydrogen) atoms. The number of aromatic nitrogens is 1. The number of nitrogens with one attached hydrogen (secondary N) is 2. The highest BCUT2D eigenvalue weighted by molar-refractivity contribution is 6.03. The fraction of sp³-hybridized carbons (Fsp3) is 0.346. The Hall–Kier alpha value is -3.61. The highest BCUT2D eigenvalue weighted by Crippen LogP contribution is 2.44. The van der Waals surface area contributed by atoms with Crippen molar-refractivity contribution in [1.82, 2.24) is 15.2 Å². The minimum atomic E-state index is -0.743. The quantitative estimate of drug-likeness (QED) is 0.540. The van der Waals surface area contributed by atoms with Crippen LogP contribution >= 0.6 is 0 Å². The standard InChI is InChI=1S/C26H29N3O4/c1-15(2)13-21(25(31)27-14-22(30)33-4)29-24(17-9-5-6-10-18(17)26(29)32)23-16(3)28-20-12-8-7-11-19(20)23/h5-12,15,21,24,28H,13-14H2,1-4H3,(H,27,31). The lowest BCUT2D eigenvalue weighted by atomic mass is 9.93. The zero-order chi connectivity index (χ0) is 23.7. The summed E-state index contributed by atoms with van der Waals surface area (Å²) in [5.74, 6) is -0.927. The number of aryl methyl sites for hydroxylation is 1. The molecule has 7 heteroatoms. The van der Waals surface area contributed by atoms with E-state index in [4.69, 9.17) is 0 Å². The maximum absolute atomic E-state index is 13.7. The normalized spacial score (nSPS) is 16.2. The largest absolute Gasteiger partial charge is 0.468 e. The van der Waals surface area contributed by atoms with Crippen LogP contribution in [0.15, 0.2) is 48.5 Å². The summed E-state index contributed by atoms with van der Waals surface area (Å²) < 4.78 is 4.66. The number of fused-ring (bicyclic) bond motifs is 2. The molecule has 1 aromatic heterocycles. The summed E-state index contributed by atoms with van der Waals surface area (Å²) in [6, 6.07) is 14.3. The molecule has 3 aromatic rings. The van der Waals surface area contributed by atoms with E-state index in [0.717, 1.165) is 27.7 Å². The molecule has 0 saturated heterocycles. The number of aromatic amines is 1. The Kier molecular flexibility index (Phi) is 6.22. The molecule has 0 bridgehead atoms. The van der Waals surface area contributed by atoms with E-state index in [1.54, 1.807) is 4.90 Å². The second-order valence-electron chi connectivity index (χ2n) is 8.85. The Labute approximate surface area is 193 Å². The Morgan fingerprint density at radius 3 is 2.55 bits per heavy atom. The molecule has 2 N–H and O–H groups in total. The predicted molar refractivity (Wildman–Crippen MR) is 126 cm³/mol. The summed E-state index contributed by atoms with van der Waals surface area (Å²) in [6.07, 6.45) is 0.463. The highest BCUT2D eigenvalue weighted by atomic mass is 16.5. The monoisotopic (exact) mass is 447 g/mol. The lowest BCUT2D eigenvalue weighted by Gasteiger charge is -2.34. The van der Waals surface area contributed by atoms with Crippen LogP contribution in [0.5, 0.6) is 0 Å². The van der Waals surface area contributed by atoms with Crippen molar-refractivity contribution in [2.24, 2.45) is 5.92 Å². The minimum absolute atomic E-state index is 0.153. The van der Waals surface area contributed by atoms with E-state index in [1.807, 2.05) is 69.3 Å². The second kappa shape index (κ2) is 9.10. The average molecular weight is 448 g/mol. The number of amides is 2. The van der Waals surface area contributed by atoms with Gasteiger partial charge >= 0.3 is 5.97 Å². The number of H-pyrrole nitrogens is 1. The first-order chi connectivity index (χ1) is 15.8. The molecule has 1 aliphatic rings. The zero-order valence-corrected chi connectivity index (χ0v) is 19.3. The van der Waals surface area contributed by atoms with Gasteiger partial charge in [-0.1, -0.05) is 50.2 Å². The van der Waals surface area contributed by atoms with Crippen molar-refractivity contribution in [2.45, 2.75) is 39.3 Å². The van der Waals surface area contributed by atoms with Crippen LogP contribution in [0.1, 0.15) is 53.5 Å². The van der Waals surface area contributed by atoms with Crippen molar-refractivity contribution in [3.8, 4) is 0 Å². The van der Waals surface area contributed by atoms with Crippen molar-refractivity contribution >= 4 is 28.7 Å². The summed E-state index contributed by atoms with van der Waals surface area (Å²) >= 11 is 0. The van der Waals surface area contributed by atoms with Crippen LogP contribution in [0.2, 0.25) is 0 Å². The Morgan fingerprint density at radius 1 is 1.12 bits per heavy atom. The van der Waals surface area contributed by atoms with E-state index in [1.165, 1.54) is 7.11 Å². The summed E-state index contributed by atoms with van der Waals surface area (Å²) in [7, 11) is 1.27. The van der Waals surface area contributed by atoms with Crippen molar-refractivity contribution in [2.75, 3.05) is 13.7 Å². The fourth-order valence-electron chi connectivity index (χ4n) is 4.75. The van der Waals surface area contributed by atoms with E-state index >= 15 is 0 Å². The van der Waals surface area contributed by atoms with Crippen LogP contribution < -0.4 is 5.32 Å². The van der Waals surface area contributed by atoms with Gasteiger partial charge in [0.25, 0.3) is 5.91 Å². The number of hydrogen-bond donors (Lipinski definition) is 2. The zero-order valence-electron chi connectivity index (χ0n) is 19.3. The summed E-state index contributed by atoms with van der Waals surface area (Å²) in [4.78, 5) is 43.8. The van der Waals surface area contributed by atoms with E-state index in [2.05, 4.69) is 15.0 Å². The van der Waals surface area contributed by atoms with Crippen LogP contribution in [-0.4, -0.2) is 47.4 Å². The van der Waals surface area contributed by atoms with Gasteiger partial charge in [-0.25, -0.2) is 0 Å². The van der Waals surface area contributed by atoms with Gasteiger partial charge in [-0.2, -0.15) is 0 Å². The number of methoxy groups -OCH3 is 1. The maximum atomic E-state index is 13.7. The molecule has 0 saturated carbocycles. The molecule has 172 valence electrons. The molecule has 0 spiro atoms. The van der Waals surface area contributed by atoms with Gasteiger partial charge in [-0.05, 0) is 37.0 Å². The van der Waals surface area contributed by atoms with Gasteiger partial charge in [0.1, 0.15) is 12.6 Å². The third-order valence-corrected chi connectivity index (χ3v) is 6.18. The fourth-order valence-corrected chi connectivity index (χ4v) is 4.75. The first-order valence-corrected chi connectivity index (χ1v) is 11.2. The molecule has 0 aliphatic carbocycles. The van der Waals surface area contributed by atoms with Gasteiger partial charge in [0.2, 0.25) is 5.91 Å². The second-order valence-corrected chi connectivity index (χ2v) is 8.85. The molecule has 7 nitrogen and oxygen atoms in total. The number of esters is 1. The Morgan fingerprint density at radius 2 is 1.82 bits per heavy atom. The van der Waals surface area contributed by atoms with E-state index in [0.29, 0.717) is 12.0 Å². The molecule has 2 aromatic carbocycles. The topological polar surface area (TPSA) is 91.5 Å². The number of carbonyl (C=O) groups is 3. The van der Waals surface area contributed by atoms with Gasteiger partial charge in [-0.15, -0.1) is 0 Å². The minimum Gasteiger partial charge on any atom is -0.468 e. The van der Waals surface area contributed by atoms with Gasteiger partial charge in [0, 0.05) is 27.7 Å². The number of hydrogen-bond acceptors (Lipinski definition) is 4. The van der Waals surface area contributed by atoms with Crippen molar-refractivity contribution < 1.29 is 19.1 Å². The van der Waals surface area contributed by atoms with Crippen LogP contribution in [-0.2, 0) is 14.3 Å². The Bertz CT molecular complexity index is 1210. The van der Waals surface area contributed by atoms with E-state index in [-0.39, 0.29) is 24.3 Å². The van der Waals surface area contributed by atoms with Crippen LogP contribution in [0.4, 0.5) is 0 Å². The van der Waals surface area contributed by atoms with Crippen molar-refractivity contribution in [3.05, 3.63) is 70.9 Å². The Balaban J connectivity index is 1.84. The molecule has 0 radical (unpaired) electrons. The third-order valence-electron chi connectivity index (χ3n) is 6.18. The summed E-state index contributed by atoms with van der Waals surface area (Å²) in [5.41, 5.74) is 4.40. The summed E-state index contributed by atoms with van der Waals surface area (Å²) in [6.45, 7) is 5.78. The lowest BCUT2D eigenvalue weighted by Crippen LogP contribution is -2.50. The number of benzene rings is 2. The number of nitrogens with zero attached hydrogens (tertiary/aromatic N) is 1. The van der Waals surface area contributed by atoms with Crippen molar-refractivity contribution in [3.63, 3.8) is 0 Å². The van der Waals surface area contributed by atoms with Gasteiger partial charge in [0.05, 0.1) is 13.2 Å². The molecule has 2 heterocycles. The molecule has 2 amide bonds. The lowest BCUT2D eigenvalue weighted by molar-refractivity contribution is -0.141. The molecular formula is C26H29N3O4. The number of ether oxygens (including phenoxy) is 1. The molecule has 0 fully saturated rings. The highest BCUT2D eigenvalue weighted by Gasteiger charge is 2.45. The number of carbonyl (C=O) groups excluding carboxylic acids is 3. The van der Waals surface area contributed by atoms with Crippen molar-refractivity contribution in [1.29, 1.82) is 0 Å². The average Bonchev–Trinajstić information content (AvgIpc) is 3.28. The van der Waals surface area contributed by atoms with Crippen LogP contribution in [0, 0.1) is 12.8 Å². The van der Waals surface area contributed by atoms with Crippen LogP contribution in [0.3, 0.4) is 0 Å². The van der Waals surface area contributed by atoms with Gasteiger partial charge < -0.3 is 19.9 Å². The van der Waals surface area contributed by atoms with Gasteiger partial charge in [-0.3, -0.25) is 14.4 Å². The molecule has 4 rings (SSSR count).